The normalized spacial score (nSPS) is 11.0. The number of ether oxygens (including phenoxy) is 2. The number of hydrogen-bond acceptors (Lipinski definition) is 7. The van der Waals surface area contributed by atoms with E-state index < -0.39 is 11.0 Å². The molecule has 1 aromatic carbocycles. The maximum Gasteiger partial charge on any atom is 0.282 e. The van der Waals surface area contributed by atoms with Gasteiger partial charge in [-0.3, -0.25) is 19.8 Å². The summed E-state index contributed by atoms with van der Waals surface area (Å²) in [7, 11) is 2.84. The molecule has 0 radical (unpaired) electrons. The van der Waals surface area contributed by atoms with Crippen molar-refractivity contribution in [3.63, 3.8) is 0 Å². The molecule has 3 aromatic heterocycles. The van der Waals surface area contributed by atoms with E-state index in [4.69, 9.17) is 18.3 Å². The molecule has 0 aliphatic rings. The van der Waals surface area contributed by atoms with Gasteiger partial charge < -0.3 is 18.3 Å². The molecule has 0 unspecified atom stereocenters. The average Bonchev–Trinajstić information content (AvgIpc) is 3.26. The lowest BCUT2D eigenvalue weighted by Gasteiger charge is -2.10. The van der Waals surface area contributed by atoms with Crippen molar-refractivity contribution in [2.75, 3.05) is 14.2 Å². The van der Waals surface area contributed by atoms with Crippen LogP contribution in [0.5, 0.6) is 11.5 Å². The fraction of sp³-hybridized carbons (Fsp3) is 0.118. The van der Waals surface area contributed by atoms with E-state index >= 15 is 0 Å². The zero-order chi connectivity index (χ0) is 18.4. The van der Waals surface area contributed by atoms with Crippen molar-refractivity contribution in [1.29, 1.82) is 5.26 Å². The number of aromatic nitrogens is 2. The fourth-order valence-electron chi connectivity index (χ4n) is 2.98. The molecule has 0 amide bonds. The molecule has 9 nitrogen and oxygen atoms in total. The molecule has 0 bridgehead atoms. The Morgan fingerprint density at radius 3 is 2.54 bits per heavy atom. The summed E-state index contributed by atoms with van der Waals surface area (Å²) in [4.78, 5) is 24.8. The lowest BCUT2D eigenvalue weighted by Crippen LogP contribution is -2.09. The third kappa shape index (κ3) is 1.89. The van der Waals surface area contributed by atoms with E-state index in [1.807, 2.05) is 0 Å². The quantitative estimate of drug-likeness (QED) is 0.576. The minimum Gasteiger partial charge on any atom is -0.495 e. The molecule has 0 atom stereocenters. The second-order valence-corrected chi connectivity index (χ2v) is 5.35. The van der Waals surface area contributed by atoms with Gasteiger partial charge in [-0.25, -0.2) is 0 Å². The molecule has 0 fully saturated rings. The van der Waals surface area contributed by atoms with Crippen LogP contribution in [0.2, 0.25) is 0 Å². The van der Waals surface area contributed by atoms with Gasteiger partial charge in [-0.15, -0.1) is 0 Å². The van der Waals surface area contributed by atoms with Gasteiger partial charge in [0.15, 0.2) is 11.2 Å². The Hall–Kier alpha value is -3.93. The number of H-pyrrole nitrogens is 2. The van der Waals surface area contributed by atoms with Gasteiger partial charge >= 0.3 is 0 Å². The third-order valence-electron chi connectivity index (χ3n) is 4.11. The van der Waals surface area contributed by atoms with E-state index in [0.717, 1.165) is 6.26 Å². The molecule has 0 aliphatic carbocycles. The van der Waals surface area contributed by atoms with Gasteiger partial charge in [-0.2, -0.15) is 5.26 Å². The summed E-state index contributed by atoms with van der Waals surface area (Å²) >= 11 is 0. The standard InChI is InChI=1S/C17H11N3O6/c1-23-13-7-3-4-25-14(7)16(24-2)15-10(13)12(21)9(6-26-15)11-8(5-18)17(22)20-19-11/h3-4,6H,1-2H3,(H2,19,20,22). The first-order valence-corrected chi connectivity index (χ1v) is 7.40. The number of fused-ring (bicyclic) bond motifs is 2. The van der Waals surface area contributed by atoms with E-state index in [2.05, 4.69) is 10.2 Å². The predicted octanol–water partition coefficient (Wildman–Crippen LogP) is 2.11. The smallest absolute Gasteiger partial charge is 0.282 e. The van der Waals surface area contributed by atoms with Crippen LogP contribution >= 0.6 is 0 Å². The van der Waals surface area contributed by atoms with Gasteiger partial charge in [-0.05, 0) is 6.07 Å². The van der Waals surface area contributed by atoms with Crippen LogP contribution in [0, 0.1) is 11.3 Å². The van der Waals surface area contributed by atoms with Gasteiger partial charge in [-0.1, -0.05) is 0 Å². The number of aromatic amines is 2. The number of furan rings is 1. The van der Waals surface area contributed by atoms with Crippen molar-refractivity contribution in [1.82, 2.24) is 10.2 Å². The van der Waals surface area contributed by atoms with E-state index in [-0.39, 0.29) is 39.3 Å². The molecule has 26 heavy (non-hydrogen) atoms. The van der Waals surface area contributed by atoms with Crippen molar-refractivity contribution in [2.45, 2.75) is 0 Å². The van der Waals surface area contributed by atoms with Crippen molar-refractivity contribution < 1.29 is 18.3 Å². The van der Waals surface area contributed by atoms with Crippen LogP contribution in [-0.4, -0.2) is 24.4 Å². The van der Waals surface area contributed by atoms with Crippen molar-refractivity contribution in [3.8, 4) is 28.8 Å². The molecular weight excluding hydrogens is 342 g/mol. The number of hydrogen-bond donors (Lipinski definition) is 2. The van der Waals surface area contributed by atoms with Crippen molar-refractivity contribution in [2.24, 2.45) is 0 Å². The summed E-state index contributed by atoms with van der Waals surface area (Å²) < 4.78 is 21.8. The van der Waals surface area contributed by atoms with Gasteiger partial charge in [0.2, 0.25) is 11.2 Å². The van der Waals surface area contributed by atoms with Crippen LogP contribution in [0.3, 0.4) is 0 Å². The molecule has 0 saturated carbocycles. The SMILES string of the molecule is COc1c2occc2c(OC)c2c(=O)c(-c3[nH][nH]c(=O)c3C#N)coc12. The van der Waals surface area contributed by atoms with Gasteiger partial charge in [0.1, 0.15) is 29.0 Å². The molecule has 9 heteroatoms. The number of benzene rings is 1. The largest absolute Gasteiger partial charge is 0.495 e. The van der Waals surface area contributed by atoms with E-state index in [1.165, 1.54) is 20.5 Å². The number of rotatable bonds is 3. The predicted molar refractivity (Wildman–Crippen MR) is 90.5 cm³/mol. The first-order valence-electron chi connectivity index (χ1n) is 7.40. The molecule has 0 spiro atoms. The number of nitrogens with zero attached hydrogens (tertiary/aromatic N) is 1. The Morgan fingerprint density at radius 2 is 1.85 bits per heavy atom. The van der Waals surface area contributed by atoms with Gasteiger partial charge in [0.25, 0.3) is 5.56 Å². The molecule has 2 N–H and O–H groups in total. The zero-order valence-electron chi connectivity index (χ0n) is 13.6. The molecule has 3 heterocycles. The Kier molecular flexibility index (Phi) is 3.33. The lowest BCUT2D eigenvalue weighted by molar-refractivity contribution is 0.400. The summed E-state index contributed by atoms with van der Waals surface area (Å²) in [5.41, 5.74) is -0.769. The summed E-state index contributed by atoms with van der Waals surface area (Å²) in [6.07, 6.45) is 2.60. The second kappa shape index (κ2) is 5.56. The van der Waals surface area contributed by atoms with Crippen LogP contribution in [-0.2, 0) is 0 Å². The Labute approximate surface area is 144 Å². The summed E-state index contributed by atoms with van der Waals surface area (Å²) in [6.45, 7) is 0. The highest BCUT2D eigenvalue weighted by Gasteiger charge is 2.25. The minimum absolute atomic E-state index is 0.00981. The first kappa shape index (κ1) is 15.6. The minimum atomic E-state index is -0.628. The van der Waals surface area contributed by atoms with Gasteiger partial charge in [0, 0.05) is 0 Å². The number of nitrogens with one attached hydrogen (secondary N) is 2. The highest BCUT2D eigenvalue weighted by Crippen LogP contribution is 2.42. The molecule has 0 saturated heterocycles. The summed E-state index contributed by atoms with van der Waals surface area (Å²) in [6, 6.07) is 3.41. The first-order chi connectivity index (χ1) is 12.6. The van der Waals surface area contributed by atoms with Crippen LogP contribution < -0.4 is 20.5 Å². The Bertz CT molecular complexity index is 1310. The fourth-order valence-corrected chi connectivity index (χ4v) is 2.98. The highest BCUT2D eigenvalue weighted by atomic mass is 16.5. The van der Waals surface area contributed by atoms with Crippen molar-refractivity contribution in [3.05, 3.63) is 44.7 Å². The van der Waals surface area contributed by atoms with E-state index in [1.54, 1.807) is 12.1 Å². The third-order valence-corrected chi connectivity index (χ3v) is 4.11. The molecular formula is C17H11N3O6. The van der Waals surface area contributed by atoms with E-state index in [0.29, 0.717) is 11.0 Å². The average molecular weight is 353 g/mol. The molecule has 0 aliphatic heterocycles. The Morgan fingerprint density at radius 1 is 1.08 bits per heavy atom. The molecule has 130 valence electrons. The lowest BCUT2D eigenvalue weighted by atomic mass is 10.1. The maximum absolute atomic E-state index is 13.1. The highest BCUT2D eigenvalue weighted by molar-refractivity contribution is 6.07. The number of methoxy groups -OCH3 is 2. The number of nitriles is 1. The van der Waals surface area contributed by atoms with Crippen LogP contribution in [0.15, 0.2) is 37.0 Å². The summed E-state index contributed by atoms with van der Waals surface area (Å²) in [5, 5.41) is 14.6. The monoisotopic (exact) mass is 353 g/mol. The van der Waals surface area contributed by atoms with Crippen LogP contribution in [0.4, 0.5) is 0 Å². The summed E-state index contributed by atoms with van der Waals surface area (Å²) in [5.74, 6) is 0.490. The molecule has 4 aromatic rings. The molecule has 4 rings (SSSR count). The maximum atomic E-state index is 13.1. The zero-order valence-corrected chi connectivity index (χ0v) is 13.6. The Balaban J connectivity index is 2.20. The van der Waals surface area contributed by atoms with E-state index in [9.17, 15) is 14.9 Å². The van der Waals surface area contributed by atoms with Crippen LogP contribution in [0.1, 0.15) is 5.56 Å². The topological polar surface area (TPSA) is 134 Å². The van der Waals surface area contributed by atoms with Crippen molar-refractivity contribution >= 4 is 21.9 Å². The van der Waals surface area contributed by atoms with Crippen LogP contribution in [0.25, 0.3) is 33.2 Å². The second-order valence-electron chi connectivity index (χ2n) is 5.35. The van der Waals surface area contributed by atoms with Gasteiger partial charge in [0.05, 0.1) is 37.1 Å².